The fourth-order valence-electron chi connectivity index (χ4n) is 17.3. The number of hydrogen-bond donors (Lipinski definition) is 0. The van der Waals surface area contributed by atoms with Gasteiger partial charge in [0.2, 0.25) is 0 Å². The van der Waals surface area contributed by atoms with E-state index in [1.807, 2.05) is 44.3 Å². The third kappa shape index (κ3) is 16.7. The molecular formula is C54H118B2Se3Si12. The molecule has 3 rings (SSSR count). The molecule has 1 aliphatic rings. The first kappa shape index (κ1) is 68.0. The average Bonchev–Trinajstić information content (AvgIpc) is 3.45. The molecule has 17 heteroatoms. The monoisotopic (exact) mass is 1360 g/mol. The van der Waals surface area contributed by atoms with Crippen molar-refractivity contribution in [3.63, 3.8) is 0 Å². The van der Waals surface area contributed by atoms with Gasteiger partial charge in [-0.05, 0) is 0 Å². The molecule has 2 aromatic rings. The van der Waals surface area contributed by atoms with Gasteiger partial charge in [0.15, 0.2) is 0 Å². The van der Waals surface area contributed by atoms with Crippen LogP contribution in [-0.2, 0) is 0 Å². The maximum atomic E-state index is 3.05. The summed E-state index contributed by atoms with van der Waals surface area (Å²) in [7, 11) is -19.5. The normalized spacial score (nSPS) is 16.4. The molecule has 0 aromatic heterocycles. The van der Waals surface area contributed by atoms with Gasteiger partial charge in [0.05, 0.1) is 0 Å². The zero-order chi connectivity index (χ0) is 56.2. The molecule has 1 saturated heterocycles. The molecule has 0 nitrogen and oxygen atoms in total. The second-order valence-corrected chi connectivity index (χ2v) is 116. The van der Waals surface area contributed by atoms with E-state index in [1.165, 1.54) is 0 Å². The second-order valence-electron chi connectivity index (χ2n) is 36.2. The minimum absolute atomic E-state index is 0.531. The van der Waals surface area contributed by atoms with E-state index in [1.54, 1.807) is 0 Å². The number of rotatable bonds is 20. The van der Waals surface area contributed by atoms with E-state index in [4.69, 9.17) is 0 Å². The molecule has 0 aliphatic carbocycles. The van der Waals surface area contributed by atoms with Crippen LogP contribution in [0.5, 0.6) is 0 Å². The van der Waals surface area contributed by atoms with E-state index >= 15 is 0 Å². The number of benzene rings is 2. The van der Waals surface area contributed by atoms with Gasteiger partial charge in [-0.3, -0.25) is 0 Å². The first-order valence-electron chi connectivity index (χ1n) is 28.2. The van der Waals surface area contributed by atoms with Gasteiger partial charge in [0.1, 0.15) is 0 Å². The van der Waals surface area contributed by atoms with Crippen molar-refractivity contribution in [1.29, 1.82) is 0 Å². The summed E-state index contributed by atoms with van der Waals surface area (Å²) < 4.78 is 1.57. The Morgan fingerprint density at radius 3 is 0.507 bits per heavy atom. The van der Waals surface area contributed by atoms with Crippen molar-refractivity contribution >= 4 is 157 Å². The molecule has 0 spiro atoms. The quantitative estimate of drug-likeness (QED) is 0.116. The van der Waals surface area contributed by atoms with Crippen LogP contribution in [0.4, 0.5) is 0 Å². The Bertz CT molecular complexity index is 1830. The topological polar surface area (TPSA) is 0 Å². The van der Waals surface area contributed by atoms with E-state index in [0.717, 1.165) is 39.7 Å². The molecule has 0 unspecified atom stereocenters. The van der Waals surface area contributed by atoms with Crippen LogP contribution in [0.3, 0.4) is 0 Å². The third-order valence-electron chi connectivity index (χ3n) is 15.8. The summed E-state index contributed by atoms with van der Waals surface area (Å²) in [5, 5.41) is 4.62. The predicted octanol–water partition coefficient (Wildman–Crippen LogP) is 16.8. The van der Waals surface area contributed by atoms with E-state index in [9.17, 15) is 0 Å². The van der Waals surface area contributed by atoms with E-state index in [2.05, 4.69) is 260 Å². The van der Waals surface area contributed by atoms with Crippen molar-refractivity contribution in [1.82, 2.24) is 0 Å². The molecular weight excluding hydrogens is 1240 g/mol. The van der Waals surface area contributed by atoms with Gasteiger partial charge in [0.25, 0.3) is 0 Å². The SMILES string of the molecule is C[Si](C)(C)C(c1cc(C([Si](C)(C)C)[Si](C)(C)C)c(B2[Se][Se]B(c3c(C([Si](C)(C)C)[Si](C)(C)C)cc(C([Si](C)(C)C)[Si](C)(C)C)cc3C([Si](C)(C)C)[Si](C)(C)C)[Se]2)c(C([Si](C)(C)C)[Si](C)(C)C)c1)[Si](C)(C)C. The molecule has 0 radical (unpaired) electrons. The Morgan fingerprint density at radius 1 is 0.239 bits per heavy atom. The predicted molar refractivity (Wildman–Crippen MR) is 378 cm³/mol. The van der Waals surface area contributed by atoms with Gasteiger partial charge in [-0.2, -0.15) is 0 Å². The molecule has 0 saturated carbocycles. The van der Waals surface area contributed by atoms with Crippen molar-refractivity contribution in [2.75, 3.05) is 0 Å². The fraction of sp³-hybridized carbons (Fsp3) is 0.778. The van der Waals surface area contributed by atoms with Crippen LogP contribution >= 0.6 is 0 Å². The molecule has 71 heavy (non-hydrogen) atoms. The zero-order valence-corrected chi connectivity index (χ0v) is 71.3. The first-order chi connectivity index (χ1) is 30.9. The van der Waals surface area contributed by atoms with Crippen LogP contribution in [-0.4, -0.2) is 146 Å². The van der Waals surface area contributed by atoms with Crippen LogP contribution in [0.15, 0.2) is 24.3 Å². The number of hydrogen-bond acceptors (Lipinski definition) is 0. The van der Waals surface area contributed by atoms with Gasteiger partial charge in [-0.1, -0.05) is 0 Å². The molecule has 0 atom stereocenters. The summed E-state index contributed by atoms with van der Waals surface area (Å²) in [6.45, 7) is 99.9. The first-order valence-corrected chi connectivity index (χ1v) is 79.4. The van der Waals surface area contributed by atoms with Gasteiger partial charge in [-0.25, -0.2) is 0 Å². The maximum absolute atomic E-state index is 3.05. The van der Waals surface area contributed by atoms with Crippen LogP contribution in [0.25, 0.3) is 0 Å². The van der Waals surface area contributed by atoms with E-state index < -0.39 is 96.9 Å². The Balaban J connectivity index is 2.87. The van der Waals surface area contributed by atoms with Gasteiger partial charge >= 0.3 is 481 Å². The molecule has 0 N–H and O–H groups in total. The van der Waals surface area contributed by atoms with Gasteiger partial charge in [-0.15, -0.1) is 0 Å². The van der Waals surface area contributed by atoms with Crippen molar-refractivity contribution < 1.29 is 0 Å². The fourth-order valence-corrected chi connectivity index (χ4v) is 118. The van der Waals surface area contributed by atoms with Crippen LogP contribution in [0.1, 0.15) is 64.4 Å². The Labute approximate surface area is 476 Å². The molecule has 0 bridgehead atoms. The Kier molecular flexibility index (Phi) is 21.3. The Hall–Kier alpha value is 2.73. The summed E-state index contributed by atoms with van der Waals surface area (Å²) in [6.07, 6.45) is 0. The summed E-state index contributed by atoms with van der Waals surface area (Å²) >= 11 is 1.81. The summed E-state index contributed by atoms with van der Waals surface area (Å²) in [5.41, 5.74) is 15.5. The van der Waals surface area contributed by atoms with Crippen molar-refractivity contribution in [2.24, 2.45) is 0 Å². The minimum atomic E-state index is -1.65. The van der Waals surface area contributed by atoms with Gasteiger partial charge in [0, 0.05) is 0 Å². The standard InChI is InChI=1S/C54H118B2Se3Si12/c1-60(2,3)49(61(4,5)6)41-37-43(51(64(13,14)15)65(16,17)18)47(44(38-41)52(66(19,20)21)67(22,23)24)55-57-56(59-58-55)48-45(53(68(25,26)27)69(28,29)30)39-42(50(62(7,8)9)63(10,11)12)40-46(48)54(70(31,32)33)71(34,35)36/h37-40,49-54H,1-36H3. The summed E-state index contributed by atoms with van der Waals surface area (Å²) in [6, 6.07) is 12.2. The molecule has 406 valence electrons. The Morgan fingerprint density at radius 2 is 0.380 bits per heavy atom. The van der Waals surface area contributed by atoms with E-state index in [0.29, 0.717) is 40.5 Å². The van der Waals surface area contributed by atoms with Crippen molar-refractivity contribution in [2.45, 2.75) is 267 Å². The third-order valence-corrected chi connectivity index (χ3v) is 91.9. The molecule has 1 heterocycles. The molecule has 1 fully saturated rings. The van der Waals surface area contributed by atoms with Crippen molar-refractivity contribution in [3.8, 4) is 0 Å². The molecule has 1 aliphatic heterocycles. The van der Waals surface area contributed by atoms with Crippen molar-refractivity contribution in [3.05, 3.63) is 57.6 Å². The van der Waals surface area contributed by atoms with Crippen LogP contribution in [0.2, 0.25) is 236 Å². The average molecular weight is 1360 g/mol. The van der Waals surface area contributed by atoms with Crippen LogP contribution < -0.4 is 10.9 Å². The molecule has 0 amide bonds. The van der Waals surface area contributed by atoms with Crippen LogP contribution in [0, 0.1) is 0 Å². The zero-order valence-electron chi connectivity index (χ0n) is 54.2. The van der Waals surface area contributed by atoms with Gasteiger partial charge < -0.3 is 0 Å². The summed E-state index contributed by atoms with van der Waals surface area (Å²) in [5.74, 6) is 0. The molecule has 2 aromatic carbocycles. The summed E-state index contributed by atoms with van der Waals surface area (Å²) in [4.78, 5) is 0. The van der Waals surface area contributed by atoms with E-state index in [-0.39, 0.29) is 0 Å². The second kappa shape index (κ2) is 22.2.